The van der Waals surface area contributed by atoms with Gasteiger partial charge in [0.25, 0.3) is 0 Å². The van der Waals surface area contributed by atoms with Crippen molar-refractivity contribution in [3.63, 3.8) is 0 Å². The van der Waals surface area contributed by atoms with Gasteiger partial charge in [0, 0.05) is 14.1 Å². The number of nitrogens with two attached hydrogens (primary N) is 1. The average Bonchev–Trinajstić information content (AvgIpc) is 1.60. The average molecular weight is 167 g/mol. The monoisotopic (exact) mass is 167 g/mol. The van der Waals surface area contributed by atoms with Gasteiger partial charge < -0.3 is 20.4 Å². The van der Waals surface area contributed by atoms with E-state index in [2.05, 4.69) is 4.76 Å². The molecule has 0 bridgehead atoms. The molecule has 0 fully saturated rings. The van der Waals surface area contributed by atoms with Crippen LogP contribution in [0.25, 0.3) is 0 Å². The van der Waals surface area contributed by atoms with Gasteiger partial charge in [-0.3, -0.25) is 0 Å². The summed E-state index contributed by atoms with van der Waals surface area (Å²) in [6.07, 6.45) is 0. The molecule has 0 saturated carbocycles. The van der Waals surface area contributed by atoms with E-state index in [4.69, 9.17) is 15.5 Å². The Kier molecular flexibility index (Phi) is 2.83. The minimum atomic E-state index is -4.35. The van der Waals surface area contributed by atoms with Crippen molar-refractivity contribution in [3.05, 3.63) is 0 Å². The lowest BCUT2D eigenvalue weighted by molar-refractivity contribution is 0.374. The summed E-state index contributed by atoms with van der Waals surface area (Å²) < 4.78 is 13.0. The SMILES string of the molecule is CN(C)/C(N)=N/P(=O)(O)O. The molecule has 0 spiro atoms. The first-order chi connectivity index (χ1) is 4.33. The van der Waals surface area contributed by atoms with Gasteiger partial charge in [0.15, 0.2) is 0 Å². The van der Waals surface area contributed by atoms with Crippen LogP contribution < -0.4 is 5.73 Å². The highest BCUT2D eigenvalue weighted by atomic mass is 31.2. The fourth-order valence-corrected chi connectivity index (χ4v) is 0.669. The molecule has 0 saturated heterocycles. The van der Waals surface area contributed by atoms with E-state index in [-0.39, 0.29) is 5.96 Å². The predicted octanol–water partition coefficient (Wildman–Crippen LogP) is -1.04. The van der Waals surface area contributed by atoms with Crippen molar-refractivity contribution < 1.29 is 14.4 Å². The van der Waals surface area contributed by atoms with Crippen molar-refractivity contribution in [3.8, 4) is 0 Å². The number of hydrogen-bond acceptors (Lipinski definition) is 1. The minimum Gasteiger partial charge on any atom is -0.369 e. The summed E-state index contributed by atoms with van der Waals surface area (Å²) in [5, 5.41) is 0. The molecule has 4 N–H and O–H groups in total. The summed E-state index contributed by atoms with van der Waals surface area (Å²) in [5.74, 6) is -0.187. The van der Waals surface area contributed by atoms with Crippen molar-refractivity contribution in [2.75, 3.05) is 14.1 Å². The van der Waals surface area contributed by atoms with Crippen LogP contribution in [0, 0.1) is 0 Å². The van der Waals surface area contributed by atoms with Gasteiger partial charge in [-0.2, -0.15) is 0 Å². The van der Waals surface area contributed by atoms with E-state index in [1.54, 1.807) is 0 Å². The molecule has 0 unspecified atom stereocenters. The predicted molar refractivity (Wildman–Crippen MR) is 37.4 cm³/mol. The molecule has 0 aliphatic rings. The van der Waals surface area contributed by atoms with Crippen molar-refractivity contribution >= 4 is 13.7 Å². The Hall–Kier alpha value is -0.580. The summed E-state index contributed by atoms with van der Waals surface area (Å²) in [6, 6.07) is 0. The third kappa shape index (κ3) is 4.31. The van der Waals surface area contributed by atoms with Crippen LogP contribution in [0.5, 0.6) is 0 Å². The van der Waals surface area contributed by atoms with Crippen LogP contribution in [0.4, 0.5) is 0 Å². The molecule has 0 aliphatic heterocycles. The maximum atomic E-state index is 10.1. The number of hydrogen-bond donors (Lipinski definition) is 3. The zero-order chi connectivity index (χ0) is 8.36. The van der Waals surface area contributed by atoms with E-state index in [0.717, 1.165) is 0 Å². The topological polar surface area (TPSA) is 99.2 Å². The first-order valence-electron chi connectivity index (χ1n) is 2.41. The van der Waals surface area contributed by atoms with Gasteiger partial charge in [0.2, 0.25) is 5.96 Å². The van der Waals surface area contributed by atoms with Crippen LogP contribution >= 0.6 is 7.75 Å². The zero-order valence-electron chi connectivity index (χ0n) is 5.72. The second-order valence-electron chi connectivity index (χ2n) is 1.87. The molecule has 6 nitrogen and oxygen atoms in total. The van der Waals surface area contributed by atoms with E-state index in [9.17, 15) is 4.57 Å². The highest BCUT2D eigenvalue weighted by molar-refractivity contribution is 7.50. The van der Waals surface area contributed by atoms with E-state index in [1.165, 1.54) is 19.0 Å². The van der Waals surface area contributed by atoms with Crippen LogP contribution in [0.2, 0.25) is 0 Å². The smallest absolute Gasteiger partial charge is 0.369 e. The highest BCUT2D eigenvalue weighted by Gasteiger charge is 2.11. The van der Waals surface area contributed by atoms with E-state index in [0.29, 0.717) is 0 Å². The lowest BCUT2D eigenvalue weighted by atomic mass is 10.8. The summed E-state index contributed by atoms with van der Waals surface area (Å²) in [6.45, 7) is 0. The van der Waals surface area contributed by atoms with Gasteiger partial charge in [0.05, 0.1) is 0 Å². The second-order valence-corrected chi connectivity index (χ2v) is 3.09. The van der Waals surface area contributed by atoms with Crippen LogP contribution in [0.15, 0.2) is 4.76 Å². The molecule has 0 atom stereocenters. The van der Waals surface area contributed by atoms with Gasteiger partial charge in [0.1, 0.15) is 0 Å². The molecule has 0 rings (SSSR count). The Bertz CT molecular complexity index is 183. The Morgan fingerprint density at radius 3 is 2.10 bits per heavy atom. The van der Waals surface area contributed by atoms with E-state index in [1.807, 2.05) is 0 Å². The first kappa shape index (κ1) is 9.42. The van der Waals surface area contributed by atoms with Gasteiger partial charge in [-0.1, -0.05) is 0 Å². The van der Waals surface area contributed by atoms with Crippen molar-refractivity contribution in [1.29, 1.82) is 0 Å². The lowest BCUT2D eigenvalue weighted by Gasteiger charge is -2.09. The van der Waals surface area contributed by atoms with Gasteiger partial charge in [-0.25, -0.2) is 4.57 Å². The molecule has 0 aromatic rings. The number of rotatable bonds is 1. The molecule has 0 aromatic carbocycles. The van der Waals surface area contributed by atoms with Crippen molar-refractivity contribution in [2.45, 2.75) is 0 Å². The molecule has 0 heterocycles. The third-order valence-electron chi connectivity index (χ3n) is 0.691. The molecular weight excluding hydrogens is 157 g/mol. The summed E-state index contributed by atoms with van der Waals surface area (Å²) in [7, 11) is -1.28. The van der Waals surface area contributed by atoms with Gasteiger partial charge >= 0.3 is 7.75 Å². The lowest BCUT2D eigenvalue weighted by Crippen LogP contribution is -2.29. The number of nitrogens with zero attached hydrogens (tertiary/aromatic N) is 2. The molecule has 0 aromatic heterocycles. The summed E-state index contributed by atoms with van der Waals surface area (Å²) >= 11 is 0. The zero-order valence-corrected chi connectivity index (χ0v) is 6.62. The Balaban J connectivity index is 4.33. The van der Waals surface area contributed by atoms with Crippen molar-refractivity contribution in [1.82, 2.24) is 4.90 Å². The number of guanidine groups is 1. The van der Waals surface area contributed by atoms with Crippen LogP contribution in [-0.4, -0.2) is 34.7 Å². The van der Waals surface area contributed by atoms with Crippen LogP contribution in [0.1, 0.15) is 0 Å². The fourth-order valence-electron chi connectivity index (χ4n) is 0.223. The fraction of sp³-hybridized carbons (Fsp3) is 0.667. The van der Waals surface area contributed by atoms with E-state index < -0.39 is 7.75 Å². The molecule has 7 heteroatoms. The Morgan fingerprint density at radius 1 is 1.60 bits per heavy atom. The molecule has 0 radical (unpaired) electrons. The van der Waals surface area contributed by atoms with E-state index >= 15 is 0 Å². The molecule has 10 heavy (non-hydrogen) atoms. The normalized spacial score (nSPS) is 13.4. The van der Waals surface area contributed by atoms with Gasteiger partial charge in [-0.15, -0.1) is 4.76 Å². The first-order valence-corrected chi connectivity index (χ1v) is 3.98. The largest absolute Gasteiger partial charge is 0.451 e. The maximum Gasteiger partial charge on any atom is 0.451 e. The summed E-state index contributed by atoms with van der Waals surface area (Å²) in [4.78, 5) is 17.8. The third-order valence-corrected chi connectivity index (χ3v) is 1.16. The van der Waals surface area contributed by atoms with Gasteiger partial charge in [-0.05, 0) is 0 Å². The van der Waals surface area contributed by atoms with Crippen molar-refractivity contribution in [2.24, 2.45) is 10.5 Å². The van der Waals surface area contributed by atoms with Crippen LogP contribution in [-0.2, 0) is 4.57 Å². The molecule has 0 amide bonds. The Morgan fingerprint density at radius 2 is 2.00 bits per heavy atom. The Labute approximate surface area is 58.6 Å². The standard InChI is InChI=1S/C3H10N3O3P/c1-6(2)3(4)5-10(7,8)9/h1-2H3,(H4,4,5,7,8,9). The molecular formula is C3H10N3O3P. The minimum absolute atomic E-state index is 0.187. The van der Waals surface area contributed by atoms with Crippen LogP contribution in [0.3, 0.4) is 0 Å². The molecule has 0 aliphatic carbocycles. The summed E-state index contributed by atoms with van der Waals surface area (Å²) in [5.41, 5.74) is 5.09. The molecule has 60 valence electrons. The quantitative estimate of drug-likeness (QED) is 0.263. The second kappa shape index (κ2) is 3.01. The maximum absolute atomic E-state index is 10.1. The highest BCUT2D eigenvalue weighted by Crippen LogP contribution is 2.35.